The molecule has 4 aromatic rings. The van der Waals surface area contributed by atoms with Crippen LogP contribution in [0.1, 0.15) is 63.3 Å². The molecular formula is C24H29N7O2. The number of hydrogen-bond acceptors (Lipinski definition) is 6. The molecule has 0 unspecified atom stereocenters. The van der Waals surface area contributed by atoms with Crippen LogP contribution in [0.25, 0.3) is 10.9 Å². The zero-order valence-electron chi connectivity index (χ0n) is 19.0. The average Bonchev–Trinajstić information content (AvgIpc) is 3.41. The topological polar surface area (TPSA) is 114 Å². The fourth-order valence-corrected chi connectivity index (χ4v) is 4.52. The first-order chi connectivity index (χ1) is 15.9. The second kappa shape index (κ2) is 8.47. The SMILES string of the molecule is CC(C)(O)c1cn(Cc2cccc(Nc3nn(C4CCCCC4)c4cc[nH]c(=O)c34)c2)nn1. The Bertz CT molecular complexity index is 1320. The van der Waals surface area contributed by atoms with Crippen molar-refractivity contribution in [3.05, 3.63) is 64.3 Å². The number of aromatic nitrogens is 6. The molecular weight excluding hydrogens is 418 g/mol. The monoisotopic (exact) mass is 447 g/mol. The van der Waals surface area contributed by atoms with Crippen molar-refractivity contribution in [2.24, 2.45) is 0 Å². The Balaban J connectivity index is 1.43. The maximum Gasteiger partial charge on any atom is 0.261 e. The van der Waals surface area contributed by atoms with Gasteiger partial charge in [-0.05, 0) is 50.5 Å². The predicted octanol–water partition coefficient (Wildman–Crippen LogP) is 3.84. The van der Waals surface area contributed by atoms with Crippen molar-refractivity contribution in [2.75, 3.05) is 5.32 Å². The molecule has 0 atom stereocenters. The molecule has 0 radical (unpaired) electrons. The largest absolute Gasteiger partial charge is 0.384 e. The number of benzene rings is 1. The quantitative estimate of drug-likeness (QED) is 0.414. The Morgan fingerprint density at radius 3 is 2.79 bits per heavy atom. The van der Waals surface area contributed by atoms with Gasteiger partial charge in [-0.25, -0.2) is 4.68 Å². The number of nitrogens with zero attached hydrogens (tertiary/aromatic N) is 5. The van der Waals surface area contributed by atoms with Crippen molar-refractivity contribution >= 4 is 22.4 Å². The zero-order chi connectivity index (χ0) is 23.0. The van der Waals surface area contributed by atoms with Crippen LogP contribution in [0.5, 0.6) is 0 Å². The minimum absolute atomic E-state index is 0.144. The first-order valence-corrected chi connectivity index (χ1v) is 11.5. The summed E-state index contributed by atoms with van der Waals surface area (Å²) in [6.07, 6.45) is 9.26. The number of fused-ring (bicyclic) bond motifs is 1. The van der Waals surface area contributed by atoms with Gasteiger partial charge in [0.25, 0.3) is 5.56 Å². The molecule has 0 saturated heterocycles. The van der Waals surface area contributed by atoms with Crippen molar-refractivity contribution in [1.29, 1.82) is 0 Å². The third kappa shape index (κ3) is 4.41. The van der Waals surface area contributed by atoms with Crippen molar-refractivity contribution < 1.29 is 5.11 Å². The van der Waals surface area contributed by atoms with Crippen molar-refractivity contribution in [1.82, 2.24) is 29.8 Å². The third-order valence-corrected chi connectivity index (χ3v) is 6.25. The van der Waals surface area contributed by atoms with Crippen LogP contribution in [0.15, 0.2) is 47.5 Å². The zero-order valence-corrected chi connectivity index (χ0v) is 19.0. The summed E-state index contributed by atoms with van der Waals surface area (Å²) in [6.45, 7) is 3.88. The lowest BCUT2D eigenvalue weighted by molar-refractivity contribution is 0.0737. The van der Waals surface area contributed by atoms with Gasteiger partial charge in [-0.15, -0.1) is 5.10 Å². The summed E-state index contributed by atoms with van der Waals surface area (Å²) in [5.41, 5.74) is 2.06. The van der Waals surface area contributed by atoms with Crippen molar-refractivity contribution in [3.8, 4) is 0 Å². The van der Waals surface area contributed by atoms with E-state index in [1.165, 1.54) is 19.3 Å². The van der Waals surface area contributed by atoms with Gasteiger partial charge in [-0.3, -0.25) is 9.48 Å². The summed E-state index contributed by atoms with van der Waals surface area (Å²) in [4.78, 5) is 15.5. The van der Waals surface area contributed by atoms with Crippen molar-refractivity contribution in [3.63, 3.8) is 0 Å². The van der Waals surface area contributed by atoms with E-state index in [0.29, 0.717) is 29.5 Å². The molecule has 172 valence electrons. The smallest absolute Gasteiger partial charge is 0.261 e. The van der Waals surface area contributed by atoms with E-state index in [4.69, 9.17) is 5.10 Å². The fourth-order valence-electron chi connectivity index (χ4n) is 4.52. The van der Waals surface area contributed by atoms with E-state index in [2.05, 4.69) is 20.6 Å². The van der Waals surface area contributed by atoms with Gasteiger partial charge in [0, 0.05) is 11.9 Å². The summed E-state index contributed by atoms with van der Waals surface area (Å²) in [5.74, 6) is 0.569. The molecule has 33 heavy (non-hydrogen) atoms. The molecule has 0 spiro atoms. The molecule has 1 aromatic carbocycles. The summed E-state index contributed by atoms with van der Waals surface area (Å²) < 4.78 is 3.73. The Kier molecular flexibility index (Phi) is 5.49. The number of hydrogen-bond donors (Lipinski definition) is 3. The highest BCUT2D eigenvalue weighted by molar-refractivity contribution is 5.91. The molecule has 0 aliphatic heterocycles. The van der Waals surface area contributed by atoms with Crippen LogP contribution in [0, 0.1) is 0 Å². The van der Waals surface area contributed by atoms with E-state index in [1.54, 1.807) is 30.9 Å². The number of nitrogens with one attached hydrogen (secondary N) is 2. The summed E-state index contributed by atoms with van der Waals surface area (Å²) in [7, 11) is 0. The molecule has 5 rings (SSSR count). The number of anilines is 2. The van der Waals surface area contributed by atoms with E-state index < -0.39 is 5.60 Å². The second-order valence-electron chi connectivity index (χ2n) is 9.34. The first kappa shape index (κ1) is 21.4. The first-order valence-electron chi connectivity index (χ1n) is 11.5. The van der Waals surface area contributed by atoms with Gasteiger partial charge in [0.1, 0.15) is 16.7 Å². The molecule has 9 heteroatoms. The highest BCUT2D eigenvalue weighted by Crippen LogP contribution is 2.33. The number of aliphatic hydroxyl groups is 1. The molecule has 0 bridgehead atoms. The van der Waals surface area contributed by atoms with Gasteiger partial charge >= 0.3 is 0 Å². The van der Waals surface area contributed by atoms with Crippen LogP contribution in [-0.4, -0.2) is 34.9 Å². The van der Waals surface area contributed by atoms with Gasteiger partial charge in [-0.1, -0.05) is 36.6 Å². The molecule has 3 N–H and O–H groups in total. The van der Waals surface area contributed by atoms with E-state index in [9.17, 15) is 9.90 Å². The molecule has 9 nitrogen and oxygen atoms in total. The van der Waals surface area contributed by atoms with Gasteiger partial charge in [-0.2, -0.15) is 5.10 Å². The standard InChI is InChI=1S/C24H29N7O2/c1-24(2,33)20-15-30(29-27-20)14-16-7-6-8-17(13-16)26-22-21-19(11-12-25-23(21)32)31(28-22)18-9-4-3-5-10-18/h6-8,11-13,15,18,33H,3-5,9-10,14H2,1-2H3,(H,25,32)(H,26,28). The van der Waals surface area contributed by atoms with Gasteiger partial charge < -0.3 is 15.4 Å². The van der Waals surface area contributed by atoms with Crippen LogP contribution >= 0.6 is 0 Å². The lowest BCUT2D eigenvalue weighted by Gasteiger charge is -2.22. The number of aromatic amines is 1. The predicted molar refractivity (Wildman–Crippen MR) is 127 cm³/mol. The van der Waals surface area contributed by atoms with Gasteiger partial charge in [0.15, 0.2) is 5.82 Å². The van der Waals surface area contributed by atoms with Crippen LogP contribution in [0.4, 0.5) is 11.5 Å². The van der Waals surface area contributed by atoms with E-state index >= 15 is 0 Å². The number of rotatable bonds is 6. The highest BCUT2D eigenvalue weighted by Gasteiger charge is 2.22. The van der Waals surface area contributed by atoms with E-state index in [0.717, 1.165) is 29.6 Å². The van der Waals surface area contributed by atoms with Crippen LogP contribution in [0.2, 0.25) is 0 Å². The van der Waals surface area contributed by atoms with Crippen molar-refractivity contribution in [2.45, 2.75) is 64.1 Å². The second-order valence-corrected chi connectivity index (χ2v) is 9.34. The molecule has 1 fully saturated rings. The summed E-state index contributed by atoms with van der Waals surface area (Å²) in [6, 6.07) is 10.2. The molecule has 1 aliphatic rings. The van der Waals surface area contributed by atoms with Crippen LogP contribution < -0.4 is 10.9 Å². The average molecular weight is 448 g/mol. The van der Waals surface area contributed by atoms with Crippen LogP contribution in [0.3, 0.4) is 0 Å². The third-order valence-electron chi connectivity index (χ3n) is 6.25. The van der Waals surface area contributed by atoms with Gasteiger partial charge in [0.2, 0.25) is 0 Å². The fraction of sp³-hybridized carbons (Fsp3) is 0.417. The number of pyridine rings is 1. The highest BCUT2D eigenvalue weighted by atomic mass is 16.3. The number of H-pyrrole nitrogens is 1. The molecule has 3 heterocycles. The lowest BCUT2D eigenvalue weighted by Crippen LogP contribution is -2.15. The summed E-state index contributed by atoms with van der Waals surface area (Å²) >= 11 is 0. The Morgan fingerprint density at radius 2 is 2.03 bits per heavy atom. The maximum absolute atomic E-state index is 12.7. The normalized spacial score (nSPS) is 15.2. The maximum atomic E-state index is 12.7. The minimum Gasteiger partial charge on any atom is -0.384 e. The van der Waals surface area contributed by atoms with Gasteiger partial charge in [0.05, 0.1) is 24.3 Å². The van der Waals surface area contributed by atoms with Crippen LogP contribution in [-0.2, 0) is 12.1 Å². The Labute approximate surface area is 191 Å². The molecule has 3 aromatic heterocycles. The molecule has 1 aliphatic carbocycles. The minimum atomic E-state index is -1.03. The Morgan fingerprint density at radius 1 is 1.21 bits per heavy atom. The van der Waals surface area contributed by atoms with E-state index in [1.807, 2.05) is 35.0 Å². The Hall–Kier alpha value is -3.46. The summed E-state index contributed by atoms with van der Waals surface area (Å²) in [5, 5.41) is 27.1. The molecule has 0 amide bonds. The molecule has 1 saturated carbocycles. The lowest BCUT2D eigenvalue weighted by atomic mass is 9.95. The van der Waals surface area contributed by atoms with E-state index in [-0.39, 0.29) is 5.56 Å².